The van der Waals surface area contributed by atoms with Crippen molar-refractivity contribution in [2.24, 2.45) is 10.9 Å². The number of hydrogen-bond acceptors (Lipinski definition) is 3. The number of piperidine rings is 1. The number of aliphatic imine (C=N–C) groups is 1. The molecule has 140 valence electrons. The van der Waals surface area contributed by atoms with E-state index in [9.17, 15) is 0 Å². The van der Waals surface area contributed by atoms with Gasteiger partial charge in [-0.15, -0.1) is 0 Å². The minimum absolute atomic E-state index is 0.624. The number of guanidine groups is 1. The number of benzene rings is 1. The lowest BCUT2D eigenvalue weighted by Crippen LogP contribution is -2.45. The Labute approximate surface area is 152 Å². The van der Waals surface area contributed by atoms with Gasteiger partial charge in [0.1, 0.15) is 0 Å². The Morgan fingerprint density at radius 1 is 1.28 bits per heavy atom. The van der Waals surface area contributed by atoms with Crippen LogP contribution in [0.25, 0.3) is 0 Å². The highest BCUT2D eigenvalue weighted by Crippen LogP contribution is 2.15. The summed E-state index contributed by atoms with van der Waals surface area (Å²) in [6, 6.07) is 8.53. The van der Waals surface area contributed by atoms with Crippen LogP contribution in [0.3, 0.4) is 0 Å². The molecule has 0 amide bonds. The SMILES string of the molecule is CCOCCOCc1cccc(CNC(=NC)N2CCCC(C)C2)c1. The van der Waals surface area contributed by atoms with E-state index in [0.717, 1.165) is 38.1 Å². The van der Waals surface area contributed by atoms with E-state index in [4.69, 9.17) is 9.47 Å². The summed E-state index contributed by atoms with van der Waals surface area (Å²) in [4.78, 5) is 6.82. The Balaban J connectivity index is 1.80. The lowest BCUT2D eigenvalue weighted by atomic mass is 10.0. The van der Waals surface area contributed by atoms with Gasteiger partial charge in [0, 0.05) is 33.3 Å². The van der Waals surface area contributed by atoms with E-state index in [-0.39, 0.29) is 0 Å². The molecule has 1 atom stereocenters. The Hall–Kier alpha value is -1.59. The molecule has 1 N–H and O–H groups in total. The van der Waals surface area contributed by atoms with E-state index in [1.54, 1.807) is 0 Å². The first-order valence-corrected chi connectivity index (χ1v) is 9.41. The van der Waals surface area contributed by atoms with E-state index in [1.165, 1.54) is 24.0 Å². The van der Waals surface area contributed by atoms with Gasteiger partial charge >= 0.3 is 0 Å². The summed E-state index contributed by atoms with van der Waals surface area (Å²) in [5.41, 5.74) is 2.44. The first-order valence-electron chi connectivity index (χ1n) is 9.41. The molecule has 2 rings (SSSR count). The molecule has 1 aliphatic rings. The average Bonchev–Trinajstić information content (AvgIpc) is 2.62. The standard InChI is InChI=1S/C20H33N3O2/c1-4-24-11-12-25-16-19-9-5-8-18(13-19)14-22-20(21-3)23-10-6-7-17(2)15-23/h5,8-9,13,17H,4,6-7,10-12,14-16H2,1-3H3,(H,21,22). The van der Waals surface area contributed by atoms with Crippen molar-refractivity contribution in [1.29, 1.82) is 0 Å². The Morgan fingerprint density at radius 3 is 2.84 bits per heavy atom. The molecule has 1 fully saturated rings. The number of likely N-dealkylation sites (tertiary alicyclic amines) is 1. The van der Waals surface area contributed by atoms with Crippen LogP contribution in [0.15, 0.2) is 29.3 Å². The van der Waals surface area contributed by atoms with Gasteiger partial charge in [0.05, 0.1) is 19.8 Å². The molecule has 0 aliphatic carbocycles. The van der Waals surface area contributed by atoms with Gasteiger partial charge in [0.2, 0.25) is 0 Å². The molecule has 1 aromatic rings. The van der Waals surface area contributed by atoms with E-state index in [2.05, 4.69) is 46.4 Å². The largest absolute Gasteiger partial charge is 0.379 e. The molecule has 0 bridgehead atoms. The lowest BCUT2D eigenvalue weighted by Gasteiger charge is -2.33. The molecule has 1 aromatic carbocycles. The van der Waals surface area contributed by atoms with Crippen LogP contribution in [-0.2, 0) is 22.6 Å². The van der Waals surface area contributed by atoms with Crippen LogP contribution >= 0.6 is 0 Å². The maximum absolute atomic E-state index is 5.65. The third kappa shape index (κ3) is 7.04. The number of nitrogens with zero attached hydrogens (tertiary/aromatic N) is 2. The van der Waals surface area contributed by atoms with Crippen LogP contribution in [0, 0.1) is 5.92 Å². The molecule has 0 aromatic heterocycles. The molecule has 1 heterocycles. The zero-order valence-corrected chi connectivity index (χ0v) is 16.0. The molecule has 25 heavy (non-hydrogen) atoms. The summed E-state index contributed by atoms with van der Waals surface area (Å²) in [6.45, 7) is 9.93. The van der Waals surface area contributed by atoms with Crippen molar-refractivity contribution in [3.8, 4) is 0 Å². The van der Waals surface area contributed by atoms with Gasteiger partial charge in [-0.2, -0.15) is 0 Å². The number of ether oxygens (including phenoxy) is 2. The summed E-state index contributed by atoms with van der Waals surface area (Å²) in [6.07, 6.45) is 2.56. The minimum Gasteiger partial charge on any atom is -0.379 e. The third-order valence-electron chi connectivity index (χ3n) is 4.46. The number of hydrogen-bond donors (Lipinski definition) is 1. The average molecular weight is 348 g/mol. The lowest BCUT2D eigenvalue weighted by molar-refractivity contribution is 0.0453. The quantitative estimate of drug-likeness (QED) is 0.446. The number of nitrogens with one attached hydrogen (secondary N) is 1. The van der Waals surface area contributed by atoms with Crippen molar-refractivity contribution < 1.29 is 9.47 Å². The summed E-state index contributed by atoms with van der Waals surface area (Å²) in [7, 11) is 1.87. The normalized spacial score (nSPS) is 18.4. The van der Waals surface area contributed by atoms with Crippen molar-refractivity contribution >= 4 is 5.96 Å². The van der Waals surface area contributed by atoms with Crippen molar-refractivity contribution in [3.63, 3.8) is 0 Å². The van der Waals surface area contributed by atoms with E-state index < -0.39 is 0 Å². The van der Waals surface area contributed by atoms with Gasteiger partial charge in [-0.1, -0.05) is 31.2 Å². The van der Waals surface area contributed by atoms with Crippen LogP contribution in [0.5, 0.6) is 0 Å². The van der Waals surface area contributed by atoms with Crippen molar-refractivity contribution in [2.45, 2.75) is 39.8 Å². The maximum Gasteiger partial charge on any atom is 0.193 e. The first kappa shape index (κ1) is 19.7. The molecular weight excluding hydrogens is 314 g/mol. The van der Waals surface area contributed by atoms with Gasteiger partial charge in [-0.3, -0.25) is 4.99 Å². The van der Waals surface area contributed by atoms with E-state index >= 15 is 0 Å². The second kappa shape index (κ2) is 11.1. The maximum atomic E-state index is 5.65. The van der Waals surface area contributed by atoms with Gasteiger partial charge < -0.3 is 19.7 Å². The predicted octanol–water partition coefficient (Wildman–Crippen LogP) is 3.05. The predicted molar refractivity (Wildman–Crippen MR) is 103 cm³/mol. The second-order valence-electron chi connectivity index (χ2n) is 6.66. The summed E-state index contributed by atoms with van der Waals surface area (Å²) < 4.78 is 10.9. The van der Waals surface area contributed by atoms with Gasteiger partial charge in [-0.25, -0.2) is 0 Å². The zero-order valence-electron chi connectivity index (χ0n) is 16.0. The topological polar surface area (TPSA) is 46.1 Å². The summed E-state index contributed by atoms with van der Waals surface area (Å²) in [5, 5.41) is 3.50. The van der Waals surface area contributed by atoms with Gasteiger partial charge in [0.15, 0.2) is 5.96 Å². The number of rotatable bonds is 8. The molecule has 1 aliphatic heterocycles. The Bertz CT molecular complexity index is 533. The van der Waals surface area contributed by atoms with E-state index in [1.807, 2.05) is 14.0 Å². The van der Waals surface area contributed by atoms with Crippen LogP contribution in [-0.4, -0.2) is 50.8 Å². The van der Waals surface area contributed by atoms with Crippen LogP contribution in [0.4, 0.5) is 0 Å². The molecule has 5 nitrogen and oxygen atoms in total. The van der Waals surface area contributed by atoms with Crippen molar-refractivity contribution in [2.75, 3.05) is 40.0 Å². The smallest absolute Gasteiger partial charge is 0.193 e. The van der Waals surface area contributed by atoms with Gasteiger partial charge in [0.25, 0.3) is 0 Å². The molecule has 1 saturated heterocycles. The highest BCUT2D eigenvalue weighted by atomic mass is 16.5. The molecule has 1 unspecified atom stereocenters. The van der Waals surface area contributed by atoms with Gasteiger partial charge in [-0.05, 0) is 36.8 Å². The fraction of sp³-hybridized carbons (Fsp3) is 0.650. The molecular formula is C20H33N3O2. The monoisotopic (exact) mass is 347 g/mol. The Kier molecular flexibility index (Phi) is 8.77. The Morgan fingerprint density at radius 2 is 2.08 bits per heavy atom. The highest BCUT2D eigenvalue weighted by molar-refractivity contribution is 5.80. The fourth-order valence-electron chi connectivity index (χ4n) is 3.18. The molecule has 0 saturated carbocycles. The van der Waals surface area contributed by atoms with Crippen molar-refractivity contribution in [1.82, 2.24) is 10.2 Å². The molecule has 0 radical (unpaired) electrons. The first-order chi connectivity index (χ1) is 12.2. The third-order valence-corrected chi connectivity index (χ3v) is 4.46. The molecule has 5 heteroatoms. The van der Waals surface area contributed by atoms with E-state index in [0.29, 0.717) is 19.8 Å². The highest BCUT2D eigenvalue weighted by Gasteiger charge is 2.18. The van der Waals surface area contributed by atoms with Crippen molar-refractivity contribution in [3.05, 3.63) is 35.4 Å². The summed E-state index contributed by atoms with van der Waals surface area (Å²) in [5.74, 6) is 1.74. The zero-order chi connectivity index (χ0) is 17.9. The van der Waals surface area contributed by atoms with Crippen LogP contribution < -0.4 is 5.32 Å². The minimum atomic E-state index is 0.624. The molecule has 0 spiro atoms. The fourth-order valence-corrected chi connectivity index (χ4v) is 3.18. The van der Waals surface area contributed by atoms with Crippen LogP contribution in [0.1, 0.15) is 37.8 Å². The second-order valence-corrected chi connectivity index (χ2v) is 6.66. The van der Waals surface area contributed by atoms with Crippen LogP contribution in [0.2, 0.25) is 0 Å². The summed E-state index contributed by atoms with van der Waals surface area (Å²) >= 11 is 0.